The van der Waals surface area contributed by atoms with Crippen molar-refractivity contribution in [2.45, 2.75) is 38.1 Å². The molecule has 0 aliphatic heterocycles. The minimum Gasteiger partial charge on any atom is -0.313 e. The lowest BCUT2D eigenvalue weighted by atomic mass is 10.0. The van der Waals surface area contributed by atoms with E-state index in [1.807, 2.05) is 12.3 Å². The third-order valence-corrected chi connectivity index (χ3v) is 4.40. The monoisotopic (exact) mass is 280 g/mol. The first kappa shape index (κ1) is 14.3. The van der Waals surface area contributed by atoms with Crippen LogP contribution >= 0.6 is 0 Å². The van der Waals surface area contributed by atoms with Crippen molar-refractivity contribution in [3.05, 3.63) is 66.0 Å². The van der Waals surface area contributed by atoms with Crippen LogP contribution in [-0.4, -0.2) is 17.6 Å². The predicted molar refractivity (Wildman–Crippen MR) is 87.3 cm³/mol. The summed E-state index contributed by atoms with van der Waals surface area (Å²) in [6.07, 6.45) is 5.42. The van der Waals surface area contributed by atoms with Crippen LogP contribution in [0.15, 0.2) is 54.7 Å². The van der Waals surface area contributed by atoms with Crippen LogP contribution in [0.3, 0.4) is 0 Å². The molecular weight excluding hydrogens is 256 g/mol. The smallest absolute Gasteiger partial charge is 0.0419 e. The number of pyridine rings is 1. The van der Waals surface area contributed by atoms with Gasteiger partial charge in [0.1, 0.15) is 0 Å². The van der Waals surface area contributed by atoms with Crippen molar-refractivity contribution in [2.24, 2.45) is 5.92 Å². The van der Waals surface area contributed by atoms with Crippen molar-refractivity contribution in [3.8, 4) is 0 Å². The van der Waals surface area contributed by atoms with Crippen LogP contribution in [0.1, 0.15) is 36.9 Å². The number of hydrogen-bond acceptors (Lipinski definition) is 2. The Morgan fingerprint density at radius 2 is 1.95 bits per heavy atom. The Labute approximate surface area is 127 Å². The molecule has 0 spiro atoms. The van der Waals surface area contributed by atoms with Gasteiger partial charge in [0.2, 0.25) is 0 Å². The van der Waals surface area contributed by atoms with E-state index >= 15 is 0 Å². The zero-order valence-electron chi connectivity index (χ0n) is 12.7. The summed E-state index contributed by atoms with van der Waals surface area (Å²) < 4.78 is 0. The zero-order valence-corrected chi connectivity index (χ0v) is 12.7. The molecule has 2 nitrogen and oxygen atoms in total. The number of nitrogens with one attached hydrogen (secondary N) is 1. The molecule has 2 aromatic rings. The number of rotatable bonds is 7. The Balaban J connectivity index is 1.66. The average Bonchev–Trinajstić information content (AvgIpc) is 3.34. The maximum absolute atomic E-state index is 4.49. The summed E-state index contributed by atoms with van der Waals surface area (Å²) in [5.74, 6) is 1.48. The molecule has 1 heterocycles. The van der Waals surface area contributed by atoms with Gasteiger partial charge in [-0.3, -0.25) is 4.98 Å². The normalized spacial score (nSPS) is 22.0. The minimum absolute atomic E-state index is 0.546. The largest absolute Gasteiger partial charge is 0.313 e. The molecule has 0 bridgehead atoms. The first-order valence-electron chi connectivity index (χ1n) is 8.06. The van der Waals surface area contributed by atoms with Gasteiger partial charge in [-0.2, -0.15) is 0 Å². The van der Waals surface area contributed by atoms with E-state index in [4.69, 9.17) is 0 Å². The van der Waals surface area contributed by atoms with Crippen LogP contribution in [0.2, 0.25) is 0 Å². The molecular formula is C19H24N2. The molecule has 0 saturated heterocycles. The topological polar surface area (TPSA) is 24.9 Å². The van der Waals surface area contributed by atoms with Gasteiger partial charge in [0.05, 0.1) is 0 Å². The second-order valence-electron chi connectivity index (χ2n) is 6.00. The van der Waals surface area contributed by atoms with Crippen molar-refractivity contribution in [2.75, 3.05) is 6.54 Å². The van der Waals surface area contributed by atoms with E-state index in [0.29, 0.717) is 6.04 Å². The second kappa shape index (κ2) is 6.86. The van der Waals surface area contributed by atoms with Crippen molar-refractivity contribution in [3.63, 3.8) is 0 Å². The van der Waals surface area contributed by atoms with Gasteiger partial charge in [-0.05, 0) is 48.9 Å². The third-order valence-electron chi connectivity index (χ3n) is 4.40. The highest BCUT2D eigenvalue weighted by molar-refractivity contribution is 5.27. The number of benzene rings is 1. The molecule has 2 heteroatoms. The molecule has 0 radical (unpaired) electrons. The lowest BCUT2D eigenvalue weighted by molar-refractivity contribution is 0.449. The fourth-order valence-electron chi connectivity index (χ4n) is 3.19. The van der Waals surface area contributed by atoms with E-state index in [9.17, 15) is 0 Å². The predicted octanol–water partition coefficient (Wildman–Crippen LogP) is 3.80. The second-order valence-corrected chi connectivity index (χ2v) is 6.00. The van der Waals surface area contributed by atoms with E-state index < -0.39 is 0 Å². The summed E-state index contributed by atoms with van der Waals surface area (Å²) in [4.78, 5) is 4.49. The molecule has 3 rings (SSSR count). The molecule has 3 unspecified atom stereocenters. The van der Waals surface area contributed by atoms with Crippen LogP contribution in [0.4, 0.5) is 0 Å². The Morgan fingerprint density at radius 3 is 2.67 bits per heavy atom. The Kier molecular flexibility index (Phi) is 4.66. The highest BCUT2D eigenvalue weighted by Gasteiger charge is 2.43. The van der Waals surface area contributed by atoms with Crippen LogP contribution in [0.25, 0.3) is 0 Å². The molecule has 1 aliphatic carbocycles. The highest BCUT2D eigenvalue weighted by atomic mass is 14.9. The van der Waals surface area contributed by atoms with E-state index in [2.05, 4.69) is 59.7 Å². The van der Waals surface area contributed by atoms with Crippen LogP contribution in [0.5, 0.6) is 0 Å². The first-order valence-corrected chi connectivity index (χ1v) is 8.06. The van der Waals surface area contributed by atoms with Gasteiger partial charge in [-0.15, -0.1) is 0 Å². The SMILES string of the molecule is CCCNC(Cc1ccccn1)C1CC1c1ccccc1. The molecule has 1 aromatic carbocycles. The lowest BCUT2D eigenvalue weighted by Gasteiger charge is -2.18. The highest BCUT2D eigenvalue weighted by Crippen LogP contribution is 2.49. The molecule has 0 amide bonds. The number of nitrogens with zero attached hydrogens (tertiary/aromatic N) is 1. The van der Waals surface area contributed by atoms with Crippen molar-refractivity contribution >= 4 is 0 Å². The molecule has 1 aliphatic rings. The van der Waals surface area contributed by atoms with E-state index in [0.717, 1.165) is 24.8 Å². The summed E-state index contributed by atoms with van der Waals surface area (Å²) >= 11 is 0. The molecule has 3 atom stereocenters. The fourth-order valence-corrected chi connectivity index (χ4v) is 3.19. The Morgan fingerprint density at radius 1 is 1.14 bits per heavy atom. The van der Waals surface area contributed by atoms with Gasteiger partial charge < -0.3 is 5.32 Å². The number of aromatic nitrogens is 1. The zero-order chi connectivity index (χ0) is 14.5. The maximum Gasteiger partial charge on any atom is 0.0419 e. The quantitative estimate of drug-likeness (QED) is 0.834. The van der Waals surface area contributed by atoms with Crippen LogP contribution in [0, 0.1) is 5.92 Å². The standard InChI is InChI=1S/C19H24N2/c1-2-11-21-19(13-16-10-6-7-12-20-16)18-14-17(18)15-8-4-3-5-9-15/h3-10,12,17-19,21H,2,11,13-14H2,1H3. The lowest BCUT2D eigenvalue weighted by Crippen LogP contribution is -2.34. The Hall–Kier alpha value is -1.67. The van der Waals surface area contributed by atoms with Gasteiger partial charge in [0, 0.05) is 24.4 Å². The van der Waals surface area contributed by atoms with Gasteiger partial charge >= 0.3 is 0 Å². The fraction of sp³-hybridized carbons (Fsp3) is 0.421. The average molecular weight is 280 g/mol. The van der Waals surface area contributed by atoms with Gasteiger partial charge in [-0.25, -0.2) is 0 Å². The molecule has 1 N–H and O–H groups in total. The van der Waals surface area contributed by atoms with Gasteiger partial charge in [0.15, 0.2) is 0 Å². The van der Waals surface area contributed by atoms with E-state index in [-0.39, 0.29) is 0 Å². The molecule has 1 saturated carbocycles. The third kappa shape index (κ3) is 3.70. The summed E-state index contributed by atoms with van der Waals surface area (Å²) in [7, 11) is 0. The molecule has 1 aromatic heterocycles. The van der Waals surface area contributed by atoms with Crippen molar-refractivity contribution in [1.29, 1.82) is 0 Å². The first-order chi connectivity index (χ1) is 10.4. The minimum atomic E-state index is 0.546. The molecule has 21 heavy (non-hydrogen) atoms. The van der Waals surface area contributed by atoms with E-state index in [1.165, 1.54) is 24.1 Å². The molecule has 1 fully saturated rings. The van der Waals surface area contributed by atoms with E-state index in [1.54, 1.807) is 0 Å². The van der Waals surface area contributed by atoms with Crippen LogP contribution in [-0.2, 0) is 6.42 Å². The summed E-state index contributed by atoms with van der Waals surface area (Å²) in [6, 6.07) is 17.7. The summed E-state index contributed by atoms with van der Waals surface area (Å²) in [5.41, 5.74) is 2.69. The number of hydrogen-bond donors (Lipinski definition) is 1. The van der Waals surface area contributed by atoms with Gasteiger partial charge in [-0.1, -0.05) is 43.3 Å². The maximum atomic E-state index is 4.49. The van der Waals surface area contributed by atoms with Crippen LogP contribution < -0.4 is 5.32 Å². The van der Waals surface area contributed by atoms with Crippen molar-refractivity contribution < 1.29 is 0 Å². The van der Waals surface area contributed by atoms with Crippen molar-refractivity contribution in [1.82, 2.24) is 10.3 Å². The Bertz CT molecular complexity index is 538. The molecule has 110 valence electrons. The summed E-state index contributed by atoms with van der Waals surface area (Å²) in [6.45, 7) is 3.32. The van der Waals surface area contributed by atoms with Gasteiger partial charge in [0.25, 0.3) is 0 Å². The summed E-state index contributed by atoms with van der Waals surface area (Å²) in [5, 5.41) is 3.74.